The highest BCUT2D eigenvalue weighted by atomic mass is 127. The van der Waals surface area contributed by atoms with Crippen LogP contribution < -0.4 is 0 Å². The van der Waals surface area contributed by atoms with Crippen molar-refractivity contribution in [2.24, 2.45) is 5.92 Å². The largest absolute Gasteiger partial charge is 0.299 e. The number of halogens is 1. The lowest BCUT2D eigenvalue weighted by atomic mass is 10.0. The van der Waals surface area contributed by atoms with Gasteiger partial charge in [-0.2, -0.15) is 0 Å². The molecule has 0 aliphatic heterocycles. The second kappa shape index (κ2) is 4.64. The van der Waals surface area contributed by atoms with Crippen LogP contribution in [0.5, 0.6) is 0 Å². The average Bonchev–Trinajstić information content (AvgIpc) is 2.08. The van der Waals surface area contributed by atoms with Gasteiger partial charge in [0.1, 0.15) is 12.1 Å². The van der Waals surface area contributed by atoms with Crippen molar-refractivity contribution in [2.75, 3.05) is 0 Å². The van der Waals surface area contributed by atoms with Crippen LogP contribution in [0, 0.1) is 9.49 Å². The lowest BCUT2D eigenvalue weighted by Crippen LogP contribution is -2.12. The van der Waals surface area contributed by atoms with Crippen LogP contribution in [0.15, 0.2) is 12.5 Å². The van der Waals surface area contributed by atoms with E-state index >= 15 is 0 Å². The maximum atomic E-state index is 11.4. The second-order valence-corrected chi connectivity index (χ2v) is 4.28. The molecule has 0 fully saturated rings. The molecule has 70 valence electrons. The third kappa shape index (κ3) is 3.02. The zero-order chi connectivity index (χ0) is 9.84. The number of hydrogen-bond donors (Lipinski definition) is 0. The van der Waals surface area contributed by atoms with Crippen molar-refractivity contribution < 1.29 is 4.79 Å². The summed E-state index contributed by atoms with van der Waals surface area (Å²) in [6, 6.07) is 0. The van der Waals surface area contributed by atoms with Gasteiger partial charge >= 0.3 is 0 Å². The number of nitrogens with zero attached hydrogens (tertiary/aromatic N) is 2. The molecule has 0 aliphatic rings. The molecule has 0 atom stereocenters. The van der Waals surface area contributed by atoms with E-state index in [1.165, 1.54) is 6.33 Å². The first-order valence-corrected chi connectivity index (χ1v) is 5.16. The van der Waals surface area contributed by atoms with Gasteiger partial charge in [0.15, 0.2) is 0 Å². The van der Waals surface area contributed by atoms with E-state index in [2.05, 4.69) is 32.6 Å². The summed E-state index contributed by atoms with van der Waals surface area (Å²) in [6.07, 6.45) is 3.61. The van der Waals surface area contributed by atoms with Crippen LogP contribution >= 0.6 is 22.6 Å². The molecule has 0 N–H and O–H groups in total. The Hall–Kier alpha value is -0.520. The average molecular weight is 290 g/mol. The maximum Gasteiger partial charge on any atom is 0.141 e. The standard InChI is InChI=1S/C9H11IN2O/c1-6(2)9(13)3-8-7(10)4-11-5-12-8/h4-6H,3H2,1-2H3. The second-order valence-electron chi connectivity index (χ2n) is 3.12. The van der Waals surface area contributed by atoms with Gasteiger partial charge in [-0.05, 0) is 22.6 Å². The molecule has 0 saturated carbocycles. The Bertz CT molecular complexity index is 312. The van der Waals surface area contributed by atoms with Gasteiger partial charge in [-0.3, -0.25) is 4.79 Å². The zero-order valence-corrected chi connectivity index (χ0v) is 9.78. The number of aromatic nitrogens is 2. The van der Waals surface area contributed by atoms with Crippen LogP contribution in [0.3, 0.4) is 0 Å². The number of hydrogen-bond acceptors (Lipinski definition) is 3. The van der Waals surface area contributed by atoms with Crippen LogP contribution in [0.4, 0.5) is 0 Å². The van der Waals surface area contributed by atoms with E-state index in [9.17, 15) is 4.79 Å². The third-order valence-electron chi connectivity index (χ3n) is 1.73. The van der Waals surface area contributed by atoms with Crippen molar-refractivity contribution in [2.45, 2.75) is 20.3 Å². The summed E-state index contributed by atoms with van der Waals surface area (Å²) in [7, 11) is 0. The van der Waals surface area contributed by atoms with Crippen molar-refractivity contribution in [1.82, 2.24) is 9.97 Å². The van der Waals surface area contributed by atoms with Crippen molar-refractivity contribution >= 4 is 28.4 Å². The van der Waals surface area contributed by atoms with Crippen LogP contribution in [-0.4, -0.2) is 15.8 Å². The molecule has 0 spiro atoms. The van der Waals surface area contributed by atoms with E-state index < -0.39 is 0 Å². The fourth-order valence-corrected chi connectivity index (χ4v) is 1.33. The molecule has 0 saturated heterocycles. The van der Waals surface area contributed by atoms with E-state index in [0.29, 0.717) is 6.42 Å². The molecule has 0 amide bonds. The van der Waals surface area contributed by atoms with Gasteiger partial charge in [0.05, 0.1) is 15.7 Å². The van der Waals surface area contributed by atoms with Gasteiger partial charge in [-0.1, -0.05) is 13.8 Å². The normalized spacial score (nSPS) is 10.5. The molecule has 3 nitrogen and oxygen atoms in total. The van der Waals surface area contributed by atoms with Gasteiger partial charge < -0.3 is 0 Å². The Balaban J connectivity index is 2.75. The first kappa shape index (κ1) is 10.6. The number of ketones is 1. The molecule has 0 unspecified atom stereocenters. The lowest BCUT2D eigenvalue weighted by Gasteiger charge is -2.04. The minimum Gasteiger partial charge on any atom is -0.299 e. The highest BCUT2D eigenvalue weighted by Gasteiger charge is 2.11. The highest BCUT2D eigenvalue weighted by molar-refractivity contribution is 14.1. The van der Waals surface area contributed by atoms with Crippen LogP contribution in [0.2, 0.25) is 0 Å². The topological polar surface area (TPSA) is 42.9 Å². The van der Waals surface area contributed by atoms with Crippen molar-refractivity contribution in [3.8, 4) is 0 Å². The first-order valence-electron chi connectivity index (χ1n) is 4.08. The molecule has 0 aliphatic carbocycles. The third-order valence-corrected chi connectivity index (χ3v) is 2.63. The van der Waals surface area contributed by atoms with Gasteiger partial charge in [-0.15, -0.1) is 0 Å². The molecule has 1 rings (SSSR count). The molecule has 1 aromatic heterocycles. The minimum absolute atomic E-state index is 0.0748. The Kier molecular flexibility index (Phi) is 3.77. The van der Waals surface area contributed by atoms with Gasteiger partial charge in [0.25, 0.3) is 0 Å². The number of carbonyl (C=O) groups is 1. The van der Waals surface area contributed by atoms with E-state index in [-0.39, 0.29) is 11.7 Å². The van der Waals surface area contributed by atoms with Crippen molar-refractivity contribution in [3.63, 3.8) is 0 Å². The Morgan fingerprint density at radius 3 is 2.85 bits per heavy atom. The van der Waals surface area contributed by atoms with E-state index in [1.54, 1.807) is 6.20 Å². The van der Waals surface area contributed by atoms with Crippen LogP contribution in [-0.2, 0) is 11.2 Å². The Labute approximate surface area is 91.1 Å². The molecule has 13 heavy (non-hydrogen) atoms. The summed E-state index contributed by atoms with van der Waals surface area (Å²) in [5, 5.41) is 0. The molecular formula is C9H11IN2O. The predicted molar refractivity (Wildman–Crippen MR) is 58.3 cm³/mol. The highest BCUT2D eigenvalue weighted by Crippen LogP contribution is 2.10. The summed E-state index contributed by atoms with van der Waals surface area (Å²) in [5.41, 5.74) is 0.828. The molecule has 1 heterocycles. The van der Waals surface area contributed by atoms with Gasteiger partial charge in [-0.25, -0.2) is 9.97 Å². The number of Topliss-reactive ketones (excluding diaryl/α,β-unsaturated/α-hetero) is 1. The lowest BCUT2D eigenvalue weighted by molar-refractivity contribution is -0.121. The van der Waals surface area contributed by atoms with Gasteiger partial charge in [0, 0.05) is 12.1 Å². The molecule has 0 aromatic carbocycles. The fourth-order valence-electron chi connectivity index (χ4n) is 0.837. The summed E-state index contributed by atoms with van der Waals surface area (Å²) in [6.45, 7) is 3.80. The Morgan fingerprint density at radius 2 is 2.31 bits per heavy atom. The smallest absolute Gasteiger partial charge is 0.141 e. The summed E-state index contributed by atoms with van der Waals surface area (Å²) in [5.74, 6) is 0.294. The molecule has 0 bridgehead atoms. The summed E-state index contributed by atoms with van der Waals surface area (Å²) >= 11 is 2.14. The van der Waals surface area contributed by atoms with E-state index in [0.717, 1.165) is 9.26 Å². The van der Waals surface area contributed by atoms with E-state index in [4.69, 9.17) is 0 Å². The minimum atomic E-state index is 0.0748. The summed E-state index contributed by atoms with van der Waals surface area (Å²) < 4.78 is 0.953. The molecule has 4 heteroatoms. The monoisotopic (exact) mass is 290 g/mol. The maximum absolute atomic E-state index is 11.4. The number of carbonyl (C=O) groups excluding carboxylic acids is 1. The SMILES string of the molecule is CC(C)C(=O)Cc1ncncc1I. The Morgan fingerprint density at radius 1 is 1.62 bits per heavy atom. The van der Waals surface area contributed by atoms with Gasteiger partial charge in [0.2, 0.25) is 0 Å². The predicted octanol–water partition coefficient (Wildman–Crippen LogP) is 1.85. The zero-order valence-electron chi connectivity index (χ0n) is 7.62. The van der Waals surface area contributed by atoms with Crippen molar-refractivity contribution in [1.29, 1.82) is 0 Å². The van der Waals surface area contributed by atoms with Crippen LogP contribution in [0.1, 0.15) is 19.5 Å². The fraction of sp³-hybridized carbons (Fsp3) is 0.444. The summed E-state index contributed by atoms with van der Waals surface area (Å²) in [4.78, 5) is 19.3. The van der Waals surface area contributed by atoms with E-state index in [1.807, 2.05) is 13.8 Å². The molecular weight excluding hydrogens is 279 g/mol. The quantitative estimate of drug-likeness (QED) is 0.798. The van der Waals surface area contributed by atoms with Crippen molar-refractivity contribution in [3.05, 3.63) is 21.8 Å². The molecule has 1 aromatic rings. The van der Waals surface area contributed by atoms with Crippen LogP contribution in [0.25, 0.3) is 0 Å². The molecule has 0 radical (unpaired) electrons. The first-order chi connectivity index (χ1) is 6.11. The number of rotatable bonds is 3.